The molecule has 2 aliphatic rings. The van der Waals surface area contributed by atoms with Gasteiger partial charge >= 0.3 is 59.8 Å². The van der Waals surface area contributed by atoms with Crippen molar-refractivity contribution in [2.75, 3.05) is 177 Å². The average Bonchev–Trinajstić information content (AvgIpc) is 0.830. The zero-order valence-electron chi connectivity index (χ0n) is 72.3. The summed E-state index contributed by atoms with van der Waals surface area (Å²) in [7, 11) is 0. The highest BCUT2D eigenvalue weighted by Gasteiger charge is 2.32. The third-order valence-electron chi connectivity index (χ3n) is 20.5. The first-order valence-electron chi connectivity index (χ1n) is 42.8. The molecule has 47 heteroatoms. The van der Waals surface area contributed by atoms with Crippen molar-refractivity contribution in [1.82, 2.24) is 78.1 Å². The standard InChI is InChI=1S/C82H125N15O32/c98-64(21-19-61(80(120)121)90-66(100)22-24-71(106)107)84-27-38-125-40-42-128-53-69(103)88-47-75(114)129-37-7-12-65(99)89-59(10-3-5-25-83-67(101)48-94-29-31-95(49-72(108)109)33-35-97(51-74(112)113)36-34-96(32-30-94)50-73(110)111)77(116)86-28-39-126-41-43-127-52-68(102)87-46-54-13-17-57(18-14-54)76(115)91-63(45-55-15-16-56-8-1-2-9-58(56)44-55)78(117)85-26-6-4-11-60(79(118)119)92-82(124)93-62(81(122)123)20-23-70(104)105/h1-2,8-9,15-16,44,54,57,59-63H,3-7,10-14,17-43,45-53H2,(H,83,101)(H,84,98)(H,85,117)(H,86,116)(H,87,102)(H,88,103)(H,89,99)(H,90,100)(H,91,115)(H,104,105)(H,106,107)(H,108,109)(H,110,111)(H,112,113)(H,118,119)(H,120,121)(H,122,123)(H2,92,93,124)/t54?,57?,59-,60+,61?,62+,63?/m1/s1. The summed E-state index contributed by atoms with van der Waals surface area (Å²) in [5.41, 5.74) is 0.776. The molecule has 1 aliphatic carbocycles. The molecule has 4 rings (SSSR count). The molecule has 0 spiro atoms. The van der Waals surface area contributed by atoms with Gasteiger partial charge in [0.2, 0.25) is 53.2 Å². The van der Waals surface area contributed by atoms with Gasteiger partial charge in [0, 0.05) is 123 Å². The predicted molar refractivity (Wildman–Crippen MR) is 452 cm³/mol. The van der Waals surface area contributed by atoms with Crippen molar-refractivity contribution in [2.45, 2.75) is 152 Å². The third kappa shape index (κ3) is 51.0. The normalized spacial score (nSPS) is 15.9. The van der Waals surface area contributed by atoms with Gasteiger partial charge in [0.25, 0.3) is 0 Å². The number of hydrogen-bond donors (Lipinski definition) is 19. The van der Waals surface area contributed by atoms with Gasteiger partial charge < -0.3 is 123 Å². The number of ether oxygens (including phenoxy) is 5. The highest BCUT2D eigenvalue weighted by atomic mass is 16.5. The fraction of sp³-hybridized carbons (Fsp3) is 0.646. The van der Waals surface area contributed by atoms with Gasteiger partial charge in [0.05, 0.1) is 78.8 Å². The van der Waals surface area contributed by atoms with E-state index >= 15 is 0 Å². The van der Waals surface area contributed by atoms with Gasteiger partial charge in [0.15, 0.2) is 0 Å². The highest BCUT2D eigenvalue weighted by Crippen LogP contribution is 2.29. The molecule has 2 unspecified atom stereocenters. The predicted octanol–water partition coefficient (Wildman–Crippen LogP) is -3.65. The summed E-state index contributed by atoms with van der Waals surface area (Å²) in [6.45, 7) is -0.652. The van der Waals surface area contributed by atoms with Crippen molar-refractivity contribution in [3.8, 4) is 0 Å². The molecule has 1 saturated carbocycles. The van der Waals surface area contributed by atoms with Gasteiger partial charge in [-0.1, -0.05) is 42.5 Å². The summed E-state index contributed by atoms with van der Waals surface area (Å²) in [5.74, 6) is -16.2. The van der Waals surface area contributed by atoms with E-state index in [4.69, 9.17) is 33.9 Å². The van der Waals surface area contributed by atoms with Gasteiger partial charge in [-0.3, -0.25) is 91.5 Å². The summed E-state index contributed by atoms with van der Waals surface area (Å²) >= 11 is 0. The monoisotopic (exact) mass is 1830 g/mol. The molecule has 2 aromatic carbocycles. The SMILES string of the molecule is O=C(O)CCC(=O)NC(CCC(=O)NCCOCCOCC(=O)NCC(=O)OCCCC(=O)N[C@H](CCCCNC(=O)CN1CCN(CC(=O)O)CCN(CC(=O)O)CCN(CC(=O)O)CC1)C(=O)NCCOCCOCC(=O)NCC1CCC(C(=O)NC(Cc2ccc3ccccc3c2)C(=O)NCCCC[C@H](NC(=O)N[C@@H](CCC(=O)O)C(=O)O)C(=O)O)CC1)C(=O)O. The van der Waals surface area contributed by atoms with E-state index in [1.165, 1.54) is 0 Å². The van der Waals surface area contributed by atoms with Crippen molar-refractivity contribution in [3.05, 3.63) is 48.0 Å². The van der Waals surface area contributed by atoms with Gasteiger partial charge in [-0.05, 0) is 106 Å². The van der Waals surface area contributed by atoms with E-state index in [1.54, 1.807) is 19.6 Å². The zero-order chi connectivity index (χ0) is 94.8. The van der Waals surface area contributed by atoms with E-state index in [-0.39, 0.29) is 227 Å². The molecule has 11 amide bonds. The maximum Gasteiger partial charge on any atom is 0.326 e. The number of benzene rings is 2. The molecule has 0 radical (unpaired) electrons. The largest absolute Gasteiger partial charge is 0.481 e. The Hall–Kier alpha value is -11.9. The van der Waals surface area contributed by atoms with Crippen LogP contribution in [0.1, 0.15) is 121 Å². The van der Waals surface area contributed by atoms with Gasteiger partial charge in [0.1, 0.15) is 50.0 Å². The second-order valence-corrected chi connectivity index (χ2v) is 30.8. The van der Waals surface area contributed by atoms with Crippen molar-refractivity contribution >= 4 is 124 Å². The molecule has 720 valence electrons. The van der Waals surface area contributed by atoms with E-state index in [2.05, 4.69) is 58.5 Å². The number of carboxylic acids is 8. The Morgan fingerprint density at radius 2 is 0.814 bits per heavy atom. The minimum atomic E-state index is -1.58. The maximum absolute atomic E-state index is 13.9. The number of carbonyl (C=O) groups excluding carboxylic acids is 11. The van der Waals surface area contributed by atoms with Gasteiger partial charge in [-0.25, -0.2) is 19.2 Å². The molecule has 2 aromatic rings. The molecule has 19 N–H and O–H groups in total. The lowest BCUT2D eigenvalue weighted by atomic mass is 9.81. The minimum Gasteiger partial charge on any atom is -0.481 e. The second kappa shape index (κ2) is 63.1. The first-order chi connectivity index (χ1) is 61.6. The third-order valence-corrected chi connectivity index (χ3v) is 20.5. The lowest BCUT2D eigenvalue weighted by molar-refractivity contribution is -0.145. The van der Waals surface area contributed by atoms with Crippen molar-refractivity contribution in [1.29, 1.82) is 0 Å². The quantitative estimate of drug-likeness (QED) is 0.0224. The minimum absolute atomic E-state index is 0.00147. The Kier molecular flexibility index (Phi) is 53.6. The number of hydrogen-bond acceptors (Lipinski definition) is 28. The Morgan fingerprint density at radius 3 is 1.36 bits per heavy atom. The van der Waals surface area contributed by atoms with Crippen LogP contribution in [0.3, 0.4) is 0 Å². The van der Waals surface area contributed by atoms with Gasteiger partial charge in [-0.15, -0.1) is 0 Å². The number of aliphatic carboxylic acids is 8. The number of carbonyl (C=O) groups is 19. The molecule has 5 atom stereocenters. The summed E-state index contributed by atoms with van der Waals surface area (Å²) in [5, 5.41) is 105. The van der Waals surface area contributed by atoms with Crippen LogP contribution in [0.5, 0.6) is 0 Å². The first kappa shape index (κ1) is 109. The molecule has 1 heterocycles. The molecule has 47 nitrogen and oxygen atoms in total. The Bertz CT molecular complexity index is 3950. The molecule has 129 heavy (non-hydrogen) atoms. The maximum atomic E-state index is 13.9. The van der Waals surface area contributed by atoms with Gasteiger partial charge in [-0.2, -0.15) is 0 Å². The average molecular weight is 1830 g/mol. The second-order valence-electron chi connectivity index (χ2n) is 30.8. The molecular formula is C82H125N15O32. The van der Waals surface area contributed by atoms with Crippen LogP contribution in [0.15, 0.2) is 42.5 Å². The van der Waals surface area contributed by atoms with Crippen molar-refractivity contribution < 1.29 is 156 Å². The number of unbranched alkanes of at least 4 members (excludes halogenated alkanes) is 2. The fourth-order valence-electron chi connectivity index (χ4n) is 13.5. The van der Waals surface area contributed by atoms with E-state index in [1.807, 2.05) is 42.5 Å². The summed E-state index contributed by atoms with van der Waals surface area (Å²) in [4.78, 5) is 241. The summed E-state index contributed by atoms with van der Waals surface area (Å²) < 4.78 is 26.9. The van der Waals surface area contributed by atoms with E-state index in [0.717, 1.165) is 16.3 Å². The molecule has 1 saturated heterocycles. The summed E-state index contributed by atoms with van der Waals surface area (Å²) in [6.07, 6.45) is 0.722. The molecule has 0 aromatic heterocycles. The number of esters is 1. The van der Waals surface area contributed by atoms with Crippen LogP contribution in [0.4, 0.5) is 4.79 Å². The molecular weight excluding hydrogens is 1710 g/mol. The molecule has 2 fully saturated rings. The lowest BCUT2D eigenvalue weighted by Gasteiger charge is -2.32. The number of nitrogens with zero attached hydrogens (tertiary/aromatic N) is 4. The van der Waals surface area contributed by atoms with Crippen molar-refractivity contribution in [2.24, 2.45) is 11.8 Å². The highest BCUT2D eigenvalue weighted by molar-refractivity contribution is 5.91. The lowest BCUT2D eigenvalue weighted by Crippen LogP contribution is -2.51. The fourth-order valence-corrected chi connectivity index (χ4v) is 13.5. The van der Waals surface area contributed by atoms with Crippen LogP contribution in [0.2, 0.25) is 0 Å². The zero-order valence-corrected chi connectivity index (χ0v) is 72.3. The number of carboxylic acid groups (broad SMARTS) is 8. The van der Waals surface area contributed by atoms with E-state index in [0.29, 0.717) is 45.1 Å². The van der Waals surface area contributed by atoms with E-state index in [9.17, 15) is 122 Å². The first-order valence-corrected chi connectivity index (χ1v) is 42.8. The Labute approximate surface area is 743 Å². The smallest absolute Gasteiger partial charge is 0.326 e. The van der Waals surface area contributed by atoms with E-state index < -0.39 is 182 Å². The Balaban J connectivity index is 1.21. The van der Waals surface area contributed by atoms with Crippen LogP contribution in [-0.2, 0) is 116 Å². The van der Waals surface area contributed by atoms with Crippen LogP contribution in [0, 0.1) is 11.8 Å². The topological polar surface area (TPSA) is 678 Å². The number of amides is 11. The molecule has 1 aliphatic heterocycles. The van der Waals surface area contributed by atoms with Crippen LogP contribution in [0.25, 0.3) is 10.8 Å². The van der Waals surface area contributed by atoms with Crippen molar-refractivity contribution in [3.63, 3.8) is 0 Å². The molecule has 0 bridgehead atoms. The number of rotatable bonds is 64. The van der Waals surface area contributed by atoms with Crippen LogP contribution in [-0.4, -0.2) is 381 Å². The Morgan fingerprint density at radius 1 is 0.357 bits per heavy atom. The number of fused-ring (bicyclic) bond motifs is 1. The number of urea groups is 1. The van der Waals surface area contributed by atoms with Crippen LogP contribution < -0.4 is 58.5 Å². The van der Waals surface area contributed by atoms with Crippen LogP contribution >= 0.6 is 0 Å². The summed E-state index contributed by atoms with van der Waals surface area (Å²) in [6, 6.07) is 5.70. The number of nitrogens with one attached hydrogen (secondary N) is 11.